The molecule has 4 nitrogen and oxygen atoms in total. The van der Waals surface area contributed by atoms with Crippen molar-refractivity contribution in [2.24, 2.45) is 0 Å². The van der Waals surface area contributed by atoms with E-state index in [4.69, 9.17) is 9.15 Å². The van der Waals surface area contributed by atoms with Crippen molar-refractivity contribution in [2.75, 3.05) is 7.11 Å². The largest absolute Gasteiger partial charge is 0.496 e. The summed E-state index contributed by atoms with van der Waals surface area (Å²) in [6, 6.07) is 17.9. The van der Waals surface area contributed by atoms with Gasteiger partial charge in [-0.15, -0.1) is 0 Å². The zero-order valence-electron chi connectivity index (χ0n) is 18.1. The Morgan fingerprint density at radius 3 is 2.47 bits per heavy atom. The maximum atomic E-state index is 13.0. The van der Waals surface area contributed by atoms with Crippen LogP contribution in [0.2, 0.25) is 0 Å². The van der Waals surface area contributed by atoms with Crippen molar-refractivity contribution in [3.63, 3.8) is 0 Å². The summed E-state index contributed by atoms with van der Waals surface area (Å²) in [5.41, 5.74) is 4.01. The molecule has 0 spiro atoms. The number of hydrogen-bond donors (Lipinski definition) is 1. The maximum absolute atomic E-state index is 13.0. The standard InChI is InChI=1S/C26H27NO3/c1-15(2)20-13-21(16(3)12-24(20)29-5)17(4)27-26(28)25-14-22-19-9-7-6-8-18(19)10-11-23(22)30-25/h6-15,17H,1-5H3,(H,27,28)/t17-/m1/s1. The zero-order chi connectivity index (χ0) is 21.4. The molecule has 0 radical (unpaired) electrons. The van der Waals surface area contributed by atoms with Gasteiger partial charge in [-0.05, 0) is 71.5 Å². The molecule has 30 heavy (non-hydrogen) atoms. The van der Waals surface area contributed by atoms with Crippen LogP contribution in [0.3, 0.4) is 0 Å². The Morgan fingerprint density at radius 1 is 0.967 bits per heavy atom. The van der Waals surface area contributed by atoms with Crippen LogP contribution in [0.15, 0.2) is 59.0 Å². The van der Waals surface area contributed by atoms with E-state index >= 15 is 0 Å². The first-order chi connectivity index (χ1) is 14.4. The fourth-order valence-electron chi connectivity index (χ4n) is 4.06. The molecule has 0 aliphatic heterocycles. The van der Waals surface area contributed by atoms with Crippen molar-refractivity contribution in [2.45, 2.75) is 39.7 Å². The second-order valence-corrected chi connectivity index (χ2v) is 8.11. The number of hydrogen-bond acceptors (Lipinski definition) is 3. The number of ether oxygens (including phenoxy) is 1. The summed E-state index contributed by atoms with van der Waals surface area (Å²) in [5.74, 6) is 1.31. The highest BCUT2D eigenvalue weighted by Crippen LogP contribution is 2.33. The molecule has 1 N–H and O–H groups in total. The number of furan rings is 1. The molecular weight excluding hydrogens is 374 g/mol. The van der Waals surface area contributed by atoms with Gasteiger partial charge in [-0.3, -0.25) is 4.79 Å². The van der Waals surface area contributed by atoms with E-state index in [0.29, 0.717) is 17.3 Å². The first-order valence-corrected chi connectivity index (χ1v) is 10.3. The highest BCUT2D eigenvalue weighted by Gasteiger charge is 2.20. The van der Waals surface area contributed by atoms with Crippen molar-refractivity contribution in [1.29, 1.82) is 0 Å². The number of carbonyl (C=O) groups is 1. The molecule has 1 heterocycles. The maximum Gasteiger partial charge on any atom is 0.287 e. The average molecular weight is 402 g/mol. The molecule has 1 atom stereocenters. The predicted octanol–water partition coefficient (Wildman–Crippen LogP) is 6.52. The number of methoxy groups -OCH3 is 1. The molecule has 4 aromatic rings. The first-order valence-electron chi connectivity index (χ1n) is 10.3. The van der Waals surface area contributed by atoms with Gasteiger partial charge in [0.1, 0.15) is 11.3 Å². The summed E-state index contributed by atoms with van der Waals surface area (Å²) in [6.07, 6.45) is 0. The van der Waals surface area contributed by atoms with Gasteiger partial charge in [0, 0.05) is 5.39 Å². The Labute approximate surface area is 176 Å². The van der Waals surface area contributed by atoms with Crippen LogP contribution in [-0.2, 0) is 0 Å². The molecule has 4 rings (SSSR count). The van der Waals surface area contributed by atoms with Gasteiger partial charge >= 0.3 is 0 Å². The summed E-state index contributed by atoms with van der Waals surface area (Å²) in [4.78, 5) is 13.0. The quantitative estimate of drug-likeness (QED) is 0.414. The molecule has 1 amide bonds. The Morgan fingerprint density at radius 2 is 1.73 bits per heavy atom. The van der Waals surface area contributed by atoms with Gasteiger partial charge in [0.05, 0.1) is 13.2 Å². The number of benzene rings is 3. The lowest BCUT2D eigenvalue weighted by Gasteiger charge is -2.20. The molecule has 0 aliphatic carbocycles. The summed E-state index contributed by atoms with van der Waals surface area (Å²) in [5, 5.41) is 6.25. The van der Waals surface area contributed by atoms with Crippen molar-refractivity contribution < 1.29 is 13.9 Å². The summed E-state index contributed by atoms with van der Waals surface area (Å²) in [6.45, 7) is 8.31. The second-order valence-electron chi connectivity index (χ2n) is 8.11. The summed E-state index contributed by atoms with van der Waals surface area (Å²) < 4.78 is 11.4. The number of fused-ring (bicyclic) bond motifs is 3. The van der Waals surface area contributed by atoms with Crippen LogP contribution in [0.25, 0.3) is 21.7 Å². The molecule has 0 fully saturated rings. The van der Waals surface area contributed by atoms with E-state index in [0.717, 1.165) is 38.6 Å². The highest BCUT2D eigenvalue weighted by molar-refractivity contribution is 6.08. The summed E-state index contributed by atoms with van der Waals surface area (Å²) in [7, 11) is 1.69. The molecule has 0 aliphatic rings. The number of nitrogens with one attached hydrogen (secondary N) is 1. The minimum absolute atomic E-state index is 0.161. The van der Waals surface area contributed by atoms with Gasteiger partial charge in [-0.1, -0.05) is 44.2 Å². The topological polar surface area (TPSA) is 51.5 Å². The molecule has 1 aromatic heterocycles. The molecule has 0 saturated carbocycles. The lowest BCUT2D eigenvalue weighted by Crippen LogP contribution is -2.27. The average Bonchev–Trinajstić information content (AvgIpc) is 3.18. The number of carbonyl (C=O) groups excluding carboxylic acids is 1. The minimum atomic E-state index is -0.218. The lowest BCUT2D eigenvalue weighted by molar-refractivity contribution is 0.0914. The van der Waals surface area contributed by atoms with Gasteiger partial charge in [0.25, 0.3) is 5.91 Å². The van der Waals surface area contributed by atoms with Crippen molar-refractivity contribution >= 4 is 27.6 Å². The fraction of sp³-hybridized carbons (Fsp3) is 0.269. The van der Waals surface area contributed by atoms with Crippen LogP contribution >= 0.6 is 0 Å². The van der Waals surface area contributed by atoms with Gasteiger partial charge in [0.2, 0.25) is 0 Å². The smallest absolute Gasteiger partial charge is 0.287 e. The van der Waals surface area contributed by atoms with Gasteiger partial charge in [0.15, 0.2) is 5.76 Å². The SMILES string of the molecule is COc1cc(C)c([C@@H](C)NC(=O)c2cc3c(ccc4ccccc43)o2)cc1C(C)C. The van der Waals surface area contributed by atoms with Crippen molar-refractivity contribution in [3.05, 3.63) is 77.0 Å². The number of aryl methyl sites for hydroxylation is 1. The van der Waals surface area contributed by atoms with E-state index in [-0.39, 0.29) is 11.9 Å². The van der Waals surface area contributed by atoms with Crippen LogP contribution in [0, 0.1) is 6.92 Å². The number of rotatable bonds is 5. The third-order valence-electron chi connectivity index (χ3n) is 5.70. The van der Waals surface area contributed by atoms with Gasteiger partial charge in [-0.25, -0.2) is 0 Å². The third kappa shape index (κ3) is 3.54. The molecule has 3 aromatic carbocycles. The van der Waals surface area contributed by atoms with E-state index in [1.807, 2.05) is 56.3 Å². The molecular formula is C26H27NO3. The van der Waals surface area contributed by atoms with E-state index in [9.17, 15) is 4.79 Å². The number of amides is 1. The first kappa shape index (κ1) is 20.0. The van der Waals surface area contributed by atoms with E-state index in [1.165, 1.54) is 0 Å². The molecule has 0 unspecified atom stereocenters. The van der Waals surface area contributed by atoms with Gasteiger partial charge in [-0.2, -0.15) is 0 Å². The van der Waals surface area contributed by atoms with Crippen LogP contribution < -0.4 is 10.1 Å². The van der Waals surface area contributed by atoms with E-state index in [2.05, 4.69) is 31.3 Å². The predicted molar refractivity (Wildman–Crippen MR) is 121 cm³/mol. The zero-order valence-corrected chi connectivity index (χ0v) is 18.1. The summed E-state index contributed by atoms with van der Waals surface area (Å²) >= 11 is 0. The van der Waals surface area contributed by atoms with Crippen LogP contribution in [0.1, 0.15) is 60.0 Å². The van der Waals surface area contributed by atoms with E-state index < -0.39 is 0 Å². The Bertz CT molecular complexity index is 1240. The van der Waals surface area contributed by atoms with Crippen LogP contribution in [0.4, 0.5) is 0 Å². The fourth-order valence-corrected chi connectivity index (χ4v) is 4.06. The monoisotopic (exact) mass is 401 g/mol. The Hall–Kier alpha value is -3.27. The molecule has 0 bridgehead atoms. The molecule has 4 heteroatoms. The Balaban J connectivity index is 1.64. The molecule has 0 saturated heterocycles. The highest BCUT2D eigenvalue weighted by atomic mass is 16.5. The normalized spacial score (nSPS) is 12.5. The van der Waals surface area contributed by atoms with Crippen LogP contribution in [0.5, 0.6) is 5.75 Å². The second kappa shape index (κ2) is 7.86. The Kier molecular flexibility index (Phi) is 5.25. The third-order valence-corrected chi connectivity index (χ3v) is 5.70. The van der Waals surface area contributed by atoms with Gasteiger partial charge < -0.3 is 14.5 Å². The minimum Gasteiger partial charge on any atom is -0.496 e. The van der Waals surface area contributed by atoms with Crippen molar-refractivity contribution in [3.8, 4) is 5.75 Å². The van der Waals surface area contributed by atoms with Crippen LogP contribution in [-0.4, -0.2) is 13.0 Å². The van der Waals surface area contributed by atoms with E-state index in [1.54, 1.807) is 7.11 Å². The van der Waals surface area contributed by atoms with Crippen molar-refractivity contribution in [1.82, 2.24) is 5.32 Å². The molecule has 154 valence electrons. The lowest BCUT2D eigenvalue weighted by atomic mass is 9.93.